The molecule has 1 aromatic rings. The smallest absolute Gasteiger partial charge is 0.129 e. The summed E-state index contributed by atoms with van der Waals surface area (Å²) in [6.07, 6.45) is 6.91. The van der Waals surface area contributed by atoms with Gasteiger partial charge in [0.2, 0.25) is 0 Å². The molecule has 1 fully saturated rings. The van der Waals surface area contributed by atoms with Gasteiger partial charge >= 0.3 is 0 Å². The largest absolute Gasteiger partial charge is 0.245 e. The standard InChI is InChI=1S/C10H11ClN/c11-10-7-9(5-6-12-10)8-3-1-2-4-8/h5-7H,1-4H2. The number of hydrogen-bond donors (Lipinski definition) is 0. The van der Waals surface area contributed by atoms with E-state index in [0.29, 0.717) is 5.15 Å². The minimum absolute atomic E-state index is 0.604. The van der Waals surface area contributed by atoms with Crippen molar-refractivity contribution in [3.8, 4) is 0 Å². The Balaban J connectivity index is 2.21. The summed E-state index contributed by atoms with van der Waals surface area (Å²) in [5, 5.41) is 0.604. The van der Waals surface area contributed by atoms with Gasteiger partial charge in [-0.05, 0) is 30.5 Å². The van der Waals surface area contributed by atoms with E-state index < -0.39 is 0 Å². The highest BCUT2D eigenvalue weighted by atomic mass is 35.5. The van der Waals surface area contributed by atoms with Gasteiger partial charge in [-0.25, -0.2) is 4.98 Å². The molecule has 0 bridgehead atoms. The van der Waals surface area contributed by atoms with Crippen LogP contribution in [0.1, 0.15) is 31.2 Å². The SMILES string of the molecule is Clc1cc([C]2CCCC2)ccn1. The summed E-state index contributed by atoms with van der Waals surface area (Å²) in [5.41, 5.74) is 1.28. The van der Waals surface area contributed by atoms with E-state index in [1.165, 1.54) is 31.2 Å². The second kappa shape index (κ2) is 3.44. The quantitative estimate of drug-likeness (QED) is 0.605. The maximum absolute atomic E-state index is 5.80. The van der Waals surface area contributed by atoms with Gasteiger partial charge < -0.3 is 0 Å². The molecule has 1 saturated carbocycles. The van der Waals surface area contributed by atoms with E-state index in [2.05, 4.69) is 4.98 Å². The molecule has 12 heavy (non-hydrogen) atoms. The molecular weight excluding hydrogens is 170 g/mol. The molecule has 1 aromatic heterocycles. The van der Waals surface area contributed by atoms with Crippen LogP contribution >= 0.6 is 11.6 Å². The molecule has 1 aliphatic rings. The fourth-order valence-electron chi connectivity index (χ4n) is 1.71. The molecule has 0 amide bonds. The van der Waals surface area contributed by atoms with Gasteiger partial charge in [-0.3, -0.25) is 0 Å². The number of rotatable bonds is 1. The van der Waals surface area contributed by atoms with Crippen molar-refractivity contribution < 1.29 is 0 Å². The van der Waals surface area contributed by atoms with Crippen LogP contribution in [0.3, 0.4) is 0 Å². The second-order valence-corrected chi connectivity index (χ2v) is 3.57. The van der Waals surface area contributed by atoms with E-state index >= 15 is 0 Å². The van der Waals surface area contributed by atoms with Crippen LogP contribution in [-0.4, -0.2) is 4.98 Å². The Kier molecular flexibility index (Phi) is 2.31. The lowest BCUT2D eigenvalue weighted by atomic mass is 9.99. The molecule has 2 heteroatoms. The Morgan fingerprint density at radius 2 is 2.00 bits per heavy atom. The van der Waals surface area contributed by atoms with Crippen LogP contribution in [-0.2, 0) is 0 Å². The van der Waals surface area contributed by atoms with Crippen molar-refractivity contribution in [2.45, 2.75) is 25.7 Å². The van der Waals surface area contributed by atoms with Gasteiger partial charge in [0.25, 0.3) is 0 Å². The van der Waals surface area contributed by atoms with Gasteiger partial charge in [0.05, 0.1) is 0 Å². The first kappa shape index (κ1) is 8.06. The number of aromatic nitrogens is 1. The van der Waals surface area contributed by atoms with Crippen molar-refractivity contribution in [1.29, 1.82) is 0 Å². The first-order chi connectivity index (χ1) is 5.86. The summed E-state index contributed by atoms with van der Waals surface area (Å²) in [6, 6.07) is 4.01. The maximum Gasteiger partial charge on any atom is 0.129 e. The average molecular weight is 181 g/mol. The highest BCUT2D eigenvalue weighted by molar-refractivity contribution is 6.29. The van der Waals surface area contributed by atoms with Gasteiger partial charge in [0.1, 0.15) is 5.15 Å². The normalized spacial score (nSPS) is 18.4. The van der Waals surface area contributed by atoms with E-state index in [9.17, 15) is 0 Å². The van der Waals surface area contributed by atoms with Crippen molar-refractivity contribution in [3.05, 3.63) is 35.0 Å². The van der Waals surface area contributed by atoms with Gasteiger partial charge in [0.15, 0.2) is 0 Å². The van der Waals surface area contributed by atoms with Crippen LogP contribution < -0.4 is 0 Å². The molecule has 2 rings (SSSR count). The van der Waals surface area contributed by atoms with Crippen LogP contribution in [0.4, 0.5) is 0 Å². The lowest BCUT2D eigenvalue weighted by Crippen LogP contribution is -1.93. The minimum atomic E-state index is 0.604. The summed E-state index contributed by atoms with van der Waals surface area (Å²) in [5.74, 6) is 1.54. The lowest BCUT2D eigenvalue weighted by Gasteiger charge is -2.07. The van der Waals surface area contributed by atoms with Crippen LogP contribution in [0.5, 0.6) is 0 Å². The molecule has 0 atom stereocenters. The summed E-state index contributed by atoms with van der Waals surface area (Å²) in [6.45, 7) is 0. The molecule has 1 radical (unpaired) electrons. The number of halogens is 1. The molecule has 1 heterocycles. The highest BCUT2D eigenvalue weighted by Gasteiger charge is 2.17. The molecule has 0 N–H and O–H groups in total. The fourth-order valence-corrected chi connectivity index (χ4v) is 1.89. The molecule has 0 unspecified atom stereocenters. The van der Waals surface area contributed by atoms with Gasteiger partial charge in [-0.15, -0.1) is 0 Å². The van der Waals surface area contributed by atoms with E-state index in [4.69, 9.17) is 11.6 Å². The summed E-state index contributed by atoms with van der Waals surface area (Å²) in [7, 11) is 0. The zero-order valence-corrected chi connectivity index (χ0v) is 7.64. The molecule has 1 aliphatic carbocycles. The van der Waals surface area contributed by atoms with Crippen molar-refractivity contribution >= 4 is 11.6 Å². The molecule has 63 valence electrons. The monoisotopic (exact) mass is 180 g/mol. The Morgan fingerprint density at radius 3 is 2.67 bits per heavy atom. The zero-order valence-electron chi connectivity index (χ0n) is 6.89. The van der Waals surface area contributed by atoms with Crippen LogP contribution in [0.2, 0.25) is 5.15 Å². The van der Waals surface area contributed by atoms with Crippen molar-refractivity contribution in [2.24, 2.45) is 0 Å². The Hall–Kier alpha value is -0.560. The van der Waals surface area contributed by atoms with Gasteiger partial charge in [-0.1, -0.05) is 24.4 Å². The third-order valence-corrected chi connectivity index (χ3v) is 2.55. The average Bonchev–Trinajstić information content (AvgIpc) is 2.56. The number of nitrogens with zero attached hydrogens (tertiary/aromatic N) is 1. The molecule has 1 nitrogen and oxygen atoms in total. The van der Waals surface area contributed by atoms with Crippen LogP contribution in [0.15, 0.2) is 18.3 Å². The minimum Gasteiger partial charge on any atom is -0.245 e. The van der Waals surface area contributed by atoms with E-state index in [-0.39, 0.29) is 0 Å². The summed E-state index contributed by atoms with van der Waals surface area (Å²) >= 11 is 5.80. The lowest BCUT2D eigenvalue weighted by molar-refractivity contribution is 0.886. The first-order valence-electron chi connectivity index (χ1n) is 4.33. The Bertz CT molecular complexity index is 266. The van der Waals surface area contributed by atoms with Crippen LogP contribution in [0, 0.1) is 5.92 Å². The number of pyridine rings is 1. The van der Waals surface area contributed by atoms with E-state index in [1.54, 1.807) is 12.1 Å². The van der Waals surface area contributed by atoms with E-state index in [0.717, 1.165) is 0 Å². The topological polar surface area (TPSA) is 12.9 Å². The fraction of sp³-hybridized carbons (Fsp3) is 0.400. The first-order valence-corrected chi connectivity index (χ1v) is 4.71. The van der Waals surface area contributed by atoms with E-state index in [1.807, 2.05) is 12.1 Å². The number of hydrogen-bond acceptors (Lipinski definition) is 1. The highest BCUT2D eigenvalue weighted by Crippen LogP contribution is 2.33. The molecule has 0 aliphatic heterocycles. The summed E-state index contributed by atoms with van der Waals surface area (Å²) < 4.78 is 0. The van der Waals surface area contributed by atoms with Crippen molar-refractivity contribution in [3.63, 3.8) is 0 Å². The molecule has 0 aromatic carbocycles. The third-order valence-electron chi connectivity index (χ3n) is 2.34. The summed E-state index contributed by atoms with van der Waals surface area (Å²) in [4.78, 5) is 3.96. The second-order valence-electron chi connectivity index (χ2n) is 3.18. The molecular formula is C10H11ClN. The Labute approximate surface area is 77.8 Å². The van der Waals surface area contributed by atoms with Crippen molar-refractivity contribution in [2.75, 3.05) is 0 Å². The predicted molar refractivity (Wildman–Crippen MR) is 50.1 cm³/mol. The third kappa shape index (κ3) is 1.61. The Morgan fingerprint density at radius 1 is 1.25 bits per heavy atom. The molecule has 0 saturated heterocycles. The van der Waals surface area contributed by atoms with Crippen molar-refractivity contribution in [1.82, 2.24) is 4.98 Å². The van der Waals surface area contributed by atoms with Gasteiger partial charge in [0, 0.05) is 12.1 Å². The molecule has 0 spiro atoms. The maximum atomic E-state index is 5.80. The van der Waals surface area contributed by atoms with Gasteiger partial charge in [-0.2, -0.15) is 0 Å². The zero-order chi connectivity index (χ0) is 8.39. The van der Waals surface area contributed by atoms with Crippen LogP contribution in [0.25, 0.3) is 0 Å². The predicted octanol–water partition coefficient (Wildman–Crippen LogP) is 3.23.